The first kappa shape index (κ1) is 20.4. The number of rotatable bonds is 7. The highest BCUT2D eigenvalue weighted by Crippen LogP contribution is 2.32. The Kier molecular flexibility index (Phi) is 5.51. The molecule has 33 heavy (non-hydrogen) atoms. The van der Waals surface area contributed by atoms with Crippen molar-refractivity contribution in [3.05, 3.63) is 119 Å². The van der Waals surface area contributed by atoms with Gasteiger partial charge in [-0.1, -0.05) is 48.5 Å². The van der Waals surface area contributed by atoms with Gasteiger partial charge in [0.1, 0.15) is 0 Å². The van der Waals surface area contributed by atoms with Crippen molar-refractivity contribution < 1.29 is 4.92 Å². The Labute approximate surface area is 190 Å². The van der Waals surface area contributed by atoms with Crippen molar-refractivity contribution in [3.8, 4) is 11.1 Å². The van der Waals surface area contributed by atoms with E-state index in [1.165, 1.54) is 17.8 Å². The van der Waals surface area contributed by atoms with Crippen LogP contribution in [0, 0.1) is 10.1 Å². The lowest BCUT2D eigenvalue weighted by atomic mass is 9.98. The SMILES string of the molecule is O=[N+]([O-])c1ccc(NCc2ccccc2-c2ccc(Cn3ccnc3)cc2)c2ccncc12. The highest BCUT2D eigenvalue weighted by atomic mass is 16.6. The van der Waals surface area contributed by atoms with E-state index in [0.717, 1.165) is 34.3 Å². The molecule has 0 aliphatic carbocycles. The molecular formula is C26H21N5O2. The fourth-order valence-corrected chi connectivity index (χ4v) is 4.02. The molecule has 7 heteroatoms. The molecule has 0 saturated carbocycles. The van der Waals surface area contributed by atoms with Crippen LogP contribution in [0.15, 0.2) is 97.8 Å². The number of nitro groups is 1. The van der Waals surface area contributed by atoms with Gasteiger partial charge in [-0.25, -0.2) is 4.98 Å². The zero-order valence-electron chi connectivity index (χ0n) is 17.8. The maximum atomic E-state index is 11.4. The van der Waals surface area contributed by atoms with Crippen LogP contribution >= 0.6 is 0 Å². The van der Waals surface area contributed by atoms with Gasteiger partial charge in [-0.3, -0.25) is 15.1 Å². The first-order chi connectivity index (χ1) is 16.2. The Bertz CT molecular complexity index is 1410. The summed E-state index contributed by atoms with van der Waals surface area (Å²) in [4.78, 5) is 19.2. The monoisotopic (exact) mass is 435 g/mol. The molecule has 0 unspecified atom stereocenters. The highest BCUT2D eigenvalue weighted by Gasteiger charge is 2.14. The lowest BCUT2D eigenvalue weighted by Gasteiger charge is -2.14. The standard InChI is InChI=1S/C26H21N5O2/c32-31(33)26-10-9-25(23-11-12-27-16-24(23)26)29-15-21-3-1-2-4-22(21)20-7-5-19(6-8-20)17-30-14-13-28-18-30/h1-14,16,18,29H,15,17H2. The molecule has 1 N–H and O–H groups in total. The molecule has 7 nitrogen and oxygen atoms in total. The summed E-state index contributed by atoms with van der Waals surface area (Å²) in [5.74, 6) is 0. The first-order valence-corrected chi connectivity index (χ1v) is 10.6. The highest BCUT2D eigenvalue weighted by molar-refractivity contribution is 5.99. The molecule has 0 aliphatic rings. The number of anilines is 1. The van der Waals surface area contributed by atoms with Crippen molar-refractivity contribution in [1.29, 1.82) is 0 Å². The summed E-state index contributed by atoms with van der Waals surface area (Å²) in [6, 6.07) is 21.9. The smallest absolute Gasteiger partial charge is 0.278 e. The molecule has 0 radical (unpaired) electrons. The second-order valence-corrected chi connectivity index (χ2v) is 7.75. The number of aromatic nitrogens is 3. The summed E-state index contributed by atoms with van der Waals surface area (Å²) in [6.45, 7) is 1.37. The zero-order chi connectivity index (χ0) is 22.6. The Morgan fingerprint density at radius 2 is 1.76 bits per heavy atom. The van der Waals surface area contributed by atoms with Crippen LogP contribution in [0.5, 0.6) is 0 Å². The van der Waals surface area contributed by atoms with Crippen LogP contribution in [0.25, 0.3) is 21.9 Å². The maximum Gasteiger partial charge on any atom is 0.278 e. The van der Waals surface area contributed by atoms with Gasteiger partial charge in [0.25, 0.3) is 5.69 Å². The minimum absolute atomic E-state index is 0.0554. The number of nitrogens with zero attached hydrogens (tertiary/aromatic N) is 4. The quantitative estimate of drug-likeness (QED) is 0.263. The summed E-state index contributed by atoms with van der Waals surface area (Å²) >= 11 is 0. The fourth-order valence-electron chi connectivity index (χ4n) is 4.02. The zero-order valence-corrected chi connectivity index (χ0v) is 17.8. The molecule has 0 aliphatic heterocycles. The second-order valence-electron chi connectivity index (χ2n) is 7.75. The van der Waals surface area contributed by atoms with Crippen LogP contribution in [-0.4, -0.2) is 19.5 Å². The van der Waals surface area contributed by atoms with Gasteiger partial charge < -0.3 is 9.88 Å². The van der Waals surface area contributed by atoms with Crippen LogP contribution < -0.4 is 5.32 Å². The maximum absolute atomic E-state index is 11.4. The van der Waals surface area contributed by atoms with E-state index in [0.29, 0.717) is 11.9 Å². The van der Waals surface area contributed by atoms with E-state index in [-0.39, 0.29) is 10.6 Å². The predicted molar refractivity (Wildman–Crippen MR) is 129 cm³/mol. The van der Waals surface area contributed by atoms with Gasteiger partial charge in [0.05, 0.1) is 16.6 Å². The van der Waals surface area contributed by atoms with E-state index in [9.17, 15) is 10.1 Å². The van der Waals surface area contributed by atoms with Gasteiger partial charge in [-0.05, 0) is 34.4 Å². The van der Waals surface area contributed by atoms with E-state index in [1.54, 1.807) is 24.5 Å². The Hall–Kier alpha value is -4.52. The van der Waals surface area contributed by atoms with Crippen LogP contribution in [0.2, 0.25) is 0 Å². The van der Waals surface area contributed by atoms with E-state index in [1.807, 2.05) is 29.2 Å². The van der Waals surface area contributed by atoms with Crippen molar-refractivity contribution >= 4 is 22.1 Å². The molecule has 0 spiro atoms. The number of nitrogens with one attached hydrogen (secondary N) is 1. The molecule has 0 saturated heterocycles. The molecule has 2 aromatic heterocycles. The average Bonchev–Trinajstić information content (AvgIpc) is 3.36. The Morgan fingerprint density at radius 3 is 2.55 bits per heavy atom. The number of hydrogen-bond donors (Lipinski definition) is 1. The molecule has 162 valence electrons. The molecule has 0 atom stereocenters. The van der Waals surface area contributed by atoms with Crippen LogP contribution in [0.1, 0.15) is 11.1 Å². The van der Waals surface area contributed by atoms with Gasteiger partial charge in [-0.15, -0.1) is 0 Å². The van der Waals surface area contributed by atoms with Gasteiger partial charge in [0, 0.05) is 55.0 Å². The molecule has 0 fully saturated rings. The van der Waals surface area contributed by atoms with Crippen LogP contribution in [-0.2, 0) is 13.1 Å². The van der Waals surface area contributed by atoms with Crippen molar-refractivity contribution in [1.82, 2.24) is 14.5 Å². The molecule has 5 rings (SSSR count). The third-order valence-corrected chi connectivity index (χ3v) is 5.67. The minimum Gasteiger partial charge on any atom is -0.380 e. The normalized spacial score (nSPS) is 10.9. The summed E-state index contributed by atoms with van der Waals surface area (Å²) in [6.07, 6.45) is 8.73. The van der Waals surface area contributed by atoms with Crippen molar-refractivity contribution in [2.45, 2.75) is 13.1 Å². The van der Waals surface area contributed by atoms with Crippen molar-refractivity contribution in [3.63, 3.8) is 0 Å². The van der Waals surface area contributed by atoms with Crippen LogP contribution in [0.3, 0.4) is 0 Å². The van der Waals surface area contributed by atoms with E-state index in [4.69, 9.17) is 0 Å². The fraction of sp³-hybridized carbons (Fsp3) is 0.0769. The molecule has 5 aromatic rings. The first-order valence-electron chi connectivity index (χ1n) is 10.6. The topological polar surface area (TPSA) is 85.9 Å². The molecule has 3 aromatic carbocycles. The van der Waals surface area contributed by atoms with Gasteiger partial charge in [0.2, 0.25) is 0 Å². The lowest BCUT2D eigenvalue weighted by Crippen LogP contribution is -2.03. The summed E-state index contributed by atoms with van der Waals surface area (Å²) < 4.78 is 2.04. The van der Waals surface area contributed by atoms with Gasteiger partial charge in [0.15, 0.2) is 0 Å². The van der Waals surface area contributed by atoms with E-state index >= 15 is 0 Å². The van der Waals surface area contributed by atoms with Crippen molar-refractivity contribution in [2.75, 3.05) is 5.32 Å². The average molecular weight is 435 g/mol. The Balaban J connectivity index is 1.39. The summed E-state index contributed by atoms with van der Waals surface area (Å²) in [5.41, 5.74) is 5.52. The number of imidazole rings is 1. The van der Waals surface area contributed by atoms with E-state index < -0.39 is 0 Å². The Morgan fingerprint density at radius 1 is 0.909 bits per heavy atom. The largest absolute Gasteiger partial charge is 0.380 e. The second kappa shape index (κ2) is 8.92. The number of hydrogen-bond acceptors (Lipinski definition) is 5. The minimum atomic E-state index is -0.375. The third-order valence-electron chi connectivity index (χ3n) is 5.67. The lowest BCUT2D eigenvalue weighted by molar-refractivity contribution is -0.383. The third kappa shape index (κ3) is 4.29. The number of fused-ring (bicyclic) bond motifs is 1. The number of nitro benzene ring substituents is 1. The molecule has 0 amide bonds. The summed E-state index contributed by atoms with van der Waals surface area (Å²) in [7, 11) is 0. The van der Waals surface area contributed by atoms with E-state index in [2.05, 4.69) is 51.7 Å². The molecular weight excluding hydrogens is 414 g/mol. The molecule has 2 heterocycles. The molecule has 0 bridgehead atoms. The van der Waals surface area contributed by atoms with Crippen molar-refractivity contribution in [2.24, 2.45) is 0 Å². The summed E-state index contributed by atoms with van der Waals surface area (Å²) in [5, 5.41) is 16.1. The van der Waals surface area contributed by atoms with Crippen LogP contribution in [0.4, 0.5) is 11.4 Å². The number of benzene rings is 3. The van der Waals surface area contributed by atoms with Gasteiger partial charge in [-0.2, -0.15) is 0 Å². The van der Waals surface area contributed by atoms with Gasteiger partial charge >= 0.3 is 0 Å². The number of non-ortho nitro benzene ring substituents is 1. The number of pyridine rings is 1. The predicted octanol–water partition coefficient (Wildman–Crippen LogP) is 5.67.